The largest absolute Gasteiger partial charge is 0.494 e. The van der Waals surface area contributed by atoms with Gasteiger partial charge in [-0.15, -0.1) is 5.10 Å². The van der Waals surface area contributed by atoms with Gasteiger partial charge in [0.15, 0.2) is 0 Å². The minimum absolute atomic E-state index is 0.0793. The van der Waals surface area contributed by atoms with Crippen molar-refractivity contribution in [3.8, 4) is 0 Å². The Morgan fingerprint density at radius 1 is 0.967 bits per heavy atom. The maximum Gasteiger partial charge on any atom is 0.322 e. The zero-order chi connectivity index (χ0) is 21.0. The van der Waals surface area contributed by atoms with Gasteiger partial charge in [0.25, 0.3) is 21.8 Å². The number of carbonyl (C=O) groups is 1. The second-order valence-electron chi connectivity index (χ2n) is 6.06. The number of rotatable bonds is 6. The maximum absolute atomic E-state index is 12.4. The number of carbonyl (C=O) groups excluding carboxylic acids is 1. The lowest BCUT2D eigenvalue weighted by atomic mass is 10.2. The molecule has 11 heteroatoms. The van der Waals surface area contributed by atoms with E-state index < -0.39 is 15.9 Å². The summed E-state index contributed by atoms with van der Waals surface area (Å²) in [7, 11) is -3.71. The van der Waals surface area contributed by atoms with Gasteiger partial charge in [-0.3, -0.25) is 14.8 Å². The number of benzene rings is 2. The number of aromatic nitrogens is 2. The van der Waals surface area contributed by atoms with Crippen molar-refractivity contribution in [3.63, 3.8) is 0 Å². The summed E-state index contributed by atoms with van der Waals surface area (Å²) >= 11 is 0. The molecule has 0 spiro atoms. The number of hydrogen-bond donors (Lipinski definition) is 2. The first-order valence-electron chi connectivity index (χ1n) is 8.79. The fraction of sp³-hybridized carbons (Fsp3) is 0.105. The summed E-state index contributed by atoms with van der Waals surface area (Å²) in [6.45, 7) is 0.787. The number of amides is 1. The van der Waals surface area contributed by atoms with Crippen LogP contribution in [0.2, 0.25) is 0 Å². The topological polar surface area (TPSA) is 133 Å². The average molecular weight is 428 g/mol. The summed E-state index contributed by atoms with van der Waals surface area (Å²) in [6.07, 6.45) is 1.36. The lowest BCUT2D eigenvalue weighted by molar-refractivity contribution is 0.102. The van der Waals surface area contributed by atoms with Crippen LogP contribution in [-0.2, 0) is 19.5 Å². The molecule has 1 aliphatic rings. The molecule has 3 aromatic rings. The Morgan fingerprint density at radius 2 is 1.73 bits per heavy atom. The first kappa shape index (κ1) is 19.5. The summed E-state index contributed by atoms with van der Waals surface area (Å²) in [5.74, 6) is -0.141. The first-order chi connectivity index (χ1) is 14.5. The highest BCUT2D eigenvalue weighted by Crippen LogP contribution is 2.20. The molecular formula is C19H16N4O6S. The van der Waals surface area contributed by atoms with Crippen LogP contribution < -0.4 is 10.0 Å². The molecule has 0 saturated heterocycles. The van der Waals surface area contributed by atoms with Crippen molar-refractivity contribution < 1.29 is 27.1 Å². The number of hydrogen-bond acceptors (Lipinski definition) is 8. The third-order valence-corrected chi connectivity index (χ3v) is 5.36. The van der Waals surface area contributed by atoms with Crippen molar-refractivity contribution in [2.45, 2.75) is 4.90 Å². The summed E-state index contributed by atoms with van der Waals surface area (Å²) in [4.78, 5) is 12.5. The third kappa shape index (κ3) is 4.41. The lowest BCUT2D eigenvalue weighted by Gasteiger charge is -2.11. The number of nitrogens with zero attached hydrogens (tertiary/aromatic N) is 2. The highest BCUT2D eigenvalue weighted by atomic mass is 32.2. The van der Waals surface area contributed by atoms with Crippen molar-refractivity contribution in [2.24, 2.45) is 0 Å². The molecule has 2 N–H and O–H groups in total. The van der Waals surface area contributed by atoms with Gasteiger partial charge >= 0.3 is 6.01 Å². The highest BCUT2D eigenvalue weighted by molar-refractivity contribution is 7.92. The van der Waals surface area contributed by atoms with Crippen LogP contribution >= 0.6 is 0 Å². The second-order valence-corrected chi connectivity index (χ2v) is 7.75. The van der Waals surface area contributed by atoms with E-state index in [1.165, 1.54) is 42.7 Å². The predicted molar refractivity (Wildman–Crippen MR) is 106 cm³/mol. The van der Waals surface area contributed by atoms with Gasteiger partial charge in [-0.1, -0.05) is 23.3 Å². The van der Waals surface area contributed by atoms with Crippen LogP contribution in [0.3, 0.4) is 0 Å². The van der Waals surface area contributed by atoms with Crippen molar-refractivity contribution in [1.82, 2.24) is 10.2 Å². The predicted octanol–water partition coefficient (Wildman–Crippen LogP) is 2.47. The van der Waals surface area contributed by atoms with E-state index in [0.717, 1.165) is 0 Å². The maximum atomic E-state index is 12.4. The van der Waals surface area contributed by atoms with E-state index >= 15 is 0 Å². The van der Waals surface area contributed by atoms with Gasteiger partial charge in [0.05, 0.1) is 4.90 Å². The molecule has 0 radical (unpaired) electrons. The van der Waals surface area contributed by atoms with Crippen LogP contribution in [0.25, 0.3) is 5.76 Å². The van der Waals surface area contributed by atoms with E-state index in [1.807, 2.05) is 0 Å². The fourth-order valence-electron chi connectivity index (χ4n) is 2.53. The standard InChI is InChI=1S/C19H16N4O6S/c24-17(20-19-22-21-18(29-19)16-12-27-10-11-28-16)13-6-8-14(9-7-13)23-30(25,26)15-4-2-1-3-5-15/h1-9,12,23H,10-11H2,(H,20,22,24). The molecule has 0 aliphatic carbocycles. The van der Waals surface area contributed by atoms with Gasteiger partial charge < -0.3 is 13.9 Å². The molecule has 1 aromatic heterocycles. The molecule has 1 aliphatic heterocycles. The Balaban J connectivity index is 1.41. The number of ether oxygens (including phenoxy) is 2. The smallest absolute Gasteiger partial charge is 0.322 e. The van der Waals surface area contributed by atoms with E-state index in [0.29, 0.717) is 18.9 Å². The average Bonchev–Trinajstić information content (AvgIpc) is 3.24. The van der Waals surface area contributed by atoms with Crippen molar-refractivity contribution in [3.05, 3.63) is 72.3 Å². The molecule has 1 amide bonds. The second kappa shape index (κ2) is 8.25. The Labute approximate surface area is 171 Å². The van der Waals surface area contributed by atoms with Gasteiger partial charge in [0, 0.05) is 11.3 Å². The molecule has 0 bridgehead atoms. The van der Waals surface area contributed by atoms with Crippen LogP contribution in [0.1, 0.15) is 16.2 Å². The molecule has 0 saturated carbocycles. The molecular weight excluding hydrogens is 412 g/mol. The first-order valence-corrected chi connectivity index (χ1v) is 10.3. The molecule has 2 aromatic carbocycles. The molecule has 4 rings (SSSR count). The SMILES string of the molecule is O=C(Nc1nnc(C2=COCCO2)o1)c1ccc(NS(=O)(=O)c2ccccc2)cc1. The minimum atomic E-state index is -3.71. The Morgan fingerprint density at radius 3 is 2.43 bits per heavy atom. The number of anilines is 2. The van der Waals surface area contributed by atoms with E-state index in [1.54, 1.807) is 18.2 Å². The van der Waals surface area contributed by atoms with Crippen LogP contribution in [-0.4, -0.2) is 37.7 Å². The zero-order valence-corrected chi connectivity index (χ0v) is 16.3. The molecule has 10 nitrogen and oxygen atoms in total. The van der Waals surface area contributed by atoms with Gasteiger partial charge in [-0.05, 0) is 36.4 Å². The molecule has 154 valence electrons. The molecule has 0 atom stereocenters. The summed E-state index contributed by atoms with van der Waals surface area (Å²) in [5.41, 5.74) is 0.589. The van der Waals surface area contributed by atoms with Crippen molar-refractivity contribution in [1.29, 1.82) is 0 Å². The van der Waals surface area contributed by atoms with Crippen molar-refractivity contribution >= 4 is 33.4 Å². The molecule has 0 unspecified atom stereocenters. The van der Waals surface area contributed by atoms with E-state index in [-0.39, 0.29) is 28.1 Å². The van der Waals surface area contributed by atoms with E-state index in [4.69, 9.17) is 13.9 Å². The summed E-state index contributed by atoms with van der Waals surface area (Å²) in [6, 6.07) is 13.8. The Kier molecular flexibility index (Phi) is 5.35. The van der Waals surface area contributed by atoms with E-state index in [2.05, 4.69) is 20.2 Å². The van der Waals surface area contributed by atoms with Crippen LogP contribution in [0, 0.1) is 0 Å². The summed E-state index contributed by atoms with van der Waals surface area (Å²) < 4.78 is 42.9. The Hall–Kier alpha value is -3.86. The molecule has 0 fully saturated rings. The summed E-state index contributed by atoms with van der Waals surface area (Å²) in [5, 5.41) is 10.00. The number of nitrogens with one attached hydrogen (secondary N) is 2. The highest BCUT2D eigenvalue weighted by Gasteiger charge is 2.18. The fourth-order valence-corrected chi connectivity index (χ4v) is 3.61. The van der Waals surface area contributed by atoms with Gasteiger partial charge in [-0.25, -0.2) is 8.42 Å². The quantitative estimate of drug-likeness (QED) is 0.612. The number of sulfonamides is 1. The monoisotopic (exact) mass is 428 g/mol. The Bertz CT molecular complexity index is 1170. The van der Waals surface area contributed by atoms with E-state index in [9.17, 15) is 13.2 Å². The third-order valence-electron chi connectivity index (χ3n) is 3.96. The van der Waals surface area contributed by atoms with Gasteiger partial charge in [0.2, 0.25) is 5.76 Å². The molecule has 2 heterocycles. The van der Waals surface area contributed by atoms with Gasteiger partial charge in [-0.2, -0.15) is 0 Å². The molecule has 30 heavy (non-hydrogen) atoms. The van der Waals surface area contributed by atoms with Crippen LogP contribution in [0.5, 0.6) is 0 Å². The van der Waals surface area contributed by atoms with Crippen LogP contribution in [0.4, 0.5) is 11.7 Å². The lowest BCUT2D eigenvalue weighted by Crippen LogP contribution is -2.14. The van der Waals surface area contributed by atoms with Gasteiger partial charge in [0.1, 0.15) is 19.5 Å². The minimum Gasteiger partial charge on any atom is -0.494 e. The zero-order valence-electron chi connectivity index (χ0n) is 15.4. The van der Waals surface area contributed by atoms with Crippen LogP contribution in [0.15, 0.2) is 70.2 Å². The van der Waals surface area contributed by atoms with Crippen molar-refractivity contribution in [2.75, 3.05) is 23.3 Å². The normalized spacial score (nSPS) is 13.5.